The first-order valence-electron chi connectivity index (χ1n) is 7.81. The SMILES string of the molecule is CCCCCC(C)(C)CNCc1sc(N(C)C)nc1OC. The first-order chi connectivity index (χ1) is 9.89. The van der Waals surface area contributed by atoms with Crippen molar-refractivity contribution < 1.29 is 4.74 Å². The third-order valence-corrected chi connectivity index (χ3v) is 4.78. The lowest BCUT2D eigenvalue weighted by Gasteiger charge is -2.25. The Hall–Kier alpha value is -0.810. The first kappa shape index (κ1) is 18.2. The van der Waals surface area contributed by atoms with Gasteiger partial charge in [0, 0.05) is 27.2 Å². The molecule has 1 aromatic rings. The van der Waals surface area contributed by atoms with Crippen molar-refractivity contribution in [3.05, 3.63) is 4.88 Å². The fourth-order valence-corrected chi connectivity index (χ4v) is 3.17. The Morgan fingerprint density at radius 1 is 1.29 bits per heavy atom. The average Bonchev–Trinajstić information content (AvgIpc) is 2.82. The first-order valence-corrected chi connectivity index (χ1v) is 8.63. The molecule has 0 bridgehead atoms. The predicted octanol–water partition coefficient (Wildman–Crippen LogP) is 3.91. The van der Waals surface area contributed by atoms with Crippen molar-refractivity contribution in [1.82, 2.24) is 10.3 Å². The van der Waals surface area contributed by atoms with Crippen molar-refractivity contribution in [2.75, 3.05) is 32.6 Å². The van der Waals surface area contributed by atoms with E-state index in [1.54, 1.807) is 18.4 Å². The monoisotopic (exact) mass is 313 g/mol. The van der Waals surface area contributed by atoms with Gasteiger partial charge in [0.1, 0.15) is 0 Å². The van der Waals surface area contributed by atoms with Crippen molar-refractivity contribution >= 4 is 16.5 Å². The maximum absolute atomic E-state index is 5.37. The molecule has 0 saturated carbocycles. The van der Waals surface area contributed by atoms with Gasteiger partial charge in [-0.3, -0.25) is 0 Å². The maximum Gasteiger partial charge on any atom is 0.230 e. The number of hydrogen-bond donors (Lipinski definition) is 1. The second-order valence-corrected chi connectivity index (χ2v) is 7.61. The lowest BCUT2D eigenvalue weighted by Crippen LogP contribution is -2.29. The molecule has 5 heteroatoms. The lowest BCUT2D eigenvalue weighted by atomic mass is 9.87. The van der Waals surface area contributed by atoms with Crippen LogP contribution in [0.25, 0.3) is 0 Å². The van der Waals surface area contributed by atoms with Gasteiger partial charge in [-0.1, -0.05) is 51.4 Å². The molecule has 0 saturated heterocycles. The largest absolute Gasteiger partial charge is 0.480 e. The van der Waals surface area contributed by atoms with Crippen LogP contribution >= 0.6 is 11.3 Å². The Kier molecular flexibility index (Phi) is 7.46. The molecule has 1 heterocycles. The van der Waals surface area contributed by atoms with Crippen molar-refractivity contribution in [2.45, 2.75) is 53.0 Å². The number of nitrogens with one attached hydrogen (secondary N) is 1. The average molecular weight is 314 g/mol. The van der Waals surface area contributed by atoms with Crippen LogP contribution in [0.2, 0.25) is 0 Å². The second kappa shape index (κ2) is 8.59. The number of hydrogen-bond acceptors (Lipinski definition) is 5. The highest BCUT2D eigenvalue weighted by molar-refractivity contribution is 7.15. The summed E-state index contributed by atoms with van der Waals surface area (Å²) in [5, 5.41) is 4.56. The molecule has 122 valence electrons. The van der Waals surface area contributed by atoms with E-state index >= 15 is 0 Å². The normalized spacial score (nSPS) is 11.7. The molecule has 0 aliphatic heterocycles. The summed E-state index contributed by atoms with van der Waals surface area (Å²) in [6.45, 7) is 8.78. The summed E-state index contributed by atoms with van der Waals surface area (Å²) in [5.74, 6) is 0.750. The van der Waals surface area contributed by atoms with Gasteiger partial charge in [0.15, 0.2) is 5.13 Å². The summed E-state index contributed by atoms with van der Waals surface area (Å²) in [7, 11) is 5.70. The summed E-state index contributed by atoms with van der Waals surface area (Å²) < 4.78 is 5.37. The highest BCUT2D eigenvalue weighted by atomic mass is 32.1. The minimum Gasteiger partial charge on any atom is -0.480 e. The van der Waals surface area contributed by atoms with Crippen LogP contribution in [0.5, 0.6) is 5.88 Å². The molecular weight excluding hydrogens is 282 g/mol. The Balaban J connectivity index is 2.47. The summed E-state index contributed by atoms with van der Waals surface area (Å²) in [4.78, 5) is 7.68. The van der Waals surface area contributed by atoms with Crippen LogP contribution in [-0.4, -0.2) is 32.7 Å². The molecule has 1 rings (SSSR count). The van der Waals surface area contributed by atoms with Gasteiger partial charge in [-0.15, -0.1) is 0 Å². The van der Waals surface area contributed by atoms with E-state index in [2.05, 4.69) is 31.1 Å². The van der Waals surface area contributed by atoms with E-state index in [0.717, 1.165) is 24.1 Å². The Bertz CT molecular complexity index is 416. The number of methoxy groups -OCH3 is 1. The van der Waals surface area contributed by atoms with Crippen molar-refractivity contribution in [3.8, 4) is 5.88 Å². The Labute approximate surface area is 133 Å². The third kappa shape index (κ3) is 6.22. The number of aromatic nitrogens is 1. The van der Waals surface area contributed by atoms with Gasteiger partial charge in [0.2, 0.25) is 5.88 Å². The highest BCUT2D eigenvalue weighted by Crippen LogP contribution is 2.30. The van der Waals surface area contributed by atoms with Crippen LogP contribution in [0.4, 0.5) is 5.13 Å². The number of nitrogens with zero attached hydrogens (tertiary/aromatic N) is 2. The Morgan fingerprint density at radius 2 is 2.00 bits per heavy atom. The number of rotatable bonds is 10. The van der Waals surface area contributed by atoms with Gasteiger partial charge in [0.25, 0.3) is 0 Å². The second-order valence-electron chi connectivity index (χ2n) is 6.55. The van der Waals surface area contributed by atoms with E-state index < -0.39 is 0 Å². The number of unbranched alkanes of at least 4 members (excludes halogenated alkanes) is 2. The standard InChI is InChI=1S/C16H31N3OS/c1-7-8-9-10-16(2,3)12-17-11-13-14(20-6)18-15(21-13)19(4)5/h17H,7-12H2,1-6H3. The van der Waals surface area contributed by atoms with Gasteiger partial charge in [-0.25, -0.2) is 0 Å². The van der Waals surface area contributed by atoms with Gasteiger partial charge >= 0.3 is 0 Å². The molecule has 1 aromatic heterocycles. The van der Waals surface area contributed by atoms with Crippen LogP contribution in [0, 0.1) is 5.41 Å². The molecule has 0 fully saturated rings. The molecule has 0 aliphatic carbocycles. The topological polar surface area (TPSA) is 37.4 Å². The molecule has 0 radical (unpaired) electrons. The van der Waals surface area contributed by atoms with Crippen molar-refractivity contribution in [1.29, 1.82) is 0 Å². The zero-order valence-corrected chi connectivity index (χ0v) is 15.3. The molecule has 1 N–H and O–H groups in total. The summed E-state index contributed by atoms with van der Waals surface area (Å²) >= 11 is 1.69. The molecular formula is C16H31N3OS. The smallest absolute Gasteiger partial charge is 0.230 e. The van der Waals surface area contributed by atoms with E-state index in [4.69, 9.17) is 4.74 Å². The quantitative estimate of drug-likeness (QED) is 0.665. The lowest BCUT2D eigenvalue weighted by molar-refractivity contribution is 0.301. The molecule has 4 nitrogen and oxygen atoms in total. The van der Waals surface area contributed by atoms with Crippen LogP contribution < -0.4 is 15.0 Å². The maximum atomic E-state index is 5.37. The van der Waals surface area contributed by atoms with Crippen molar-refractivity contribution in [2.24, 2.45) is 5.41 Å². The molecule has 0 amide bonds. The van der Waals surface area contributed by atoms with Gasteiger partial charge < -0.3 is 15.0 Å². The third-order valence-electron chi connectivity index (χ3n) is 3.57. The zero-order chi connectivity index (χ0) is 15.9. The summed E-state index contributed by atoms with van der Waals surface area (Å²) in [5.41, 5.74) is 0.345. The minimum atomic E-state index is 0.345. The highest BCUT2D eigenvalue weighted by Gasteiger charge is 2.18. The minimum absolute atomic E-state index is 0.345. The number of ether oxygens (including phenoxy) is 1. The fourth-order valence-electron chi connectivity index (χ4n) is 2.24. The predicted molar refractivity (Wildman–Crippen MR) is 92.6 cm³/mol. The van der Waals surface area contributed by atoms with Crippen LogP contribution in [0.1, 0.15) is 51.3 Å². The van der Waals surface area contributed by atoms with E-state index in [0.29, 0.717) is 5.41 Å². The van der Waals surface area contributed by atoms with E-state index in [-0.39, 0.29) is 0 Å². The summed E-state index contributed by atoms with van der Waals surface area (Å²) in [6, 6.07) is 0. The van der Waals surface area contributed by atoms with Crippen molar-refractivity contribution in [3.63, 3.8) is 0 Å². The van der Waals surface area contributed by atoms with Crippen LogP contribution in [0.3, 0.4) is 0 Å². The van der Waals surface area contributed by atoms with Gasteiger partial charge in [-0.05, 0) is 11.8 Å². The van der Waals surface area contributed by atoms with E-state index in [1.165, 1.54) is 30.6 Å². The van der Waals surface area contributed by atoms with Crippen LogP contribution in [-0.2, 0) is 6.54 Å². The number of thiazole rings is 1. The molecule has 0 aromatic carbocycles. The summed E-state index contributed by atoms with van der Waals surface area (Å²) in [6.07, 6.45) is 5.21. The van der Waals surface area contributed by atoms with Gasteiger partial charge in [-0.2, -0.15) is 4.98 Å². The van der Waals surface area contributed by atoms with Gasteiger partial charge in [0.05, 0.1) is 12.0 Å². The number of anilines is 1. The molecule has 0 unspecified atom stereocenters. The van der Waals surface area contributed by atoms with Crippen LogP contribution in [0.15, 0.2) is 0 Å². The molecule has 0 aliphatic rings. The van der Waals surface area contributed by atoms with E-state index in [1.807, 2.05) is 19.0 Å². The Morgan fingerprint density at radius 3 is 2.57 bits per heavy atom. The zero-order valence-electron chi connectivity index (χ0n) is 14.5. The molecule has 21 heavy (non-hydrogen) atoms. The fraction of sp³-hybridized carbons (Fsp3) is 0.812. The molecule has 0 spiro atoms. The van der Waals surface area contributed by atoms with E-state index in [9.17, 15) is 0 Å². The molecule has 0 atom stereocenters.